The van der Waals surface area contributed by atoms with Crippen LogP contribution in [0.4, 0.5) is 0 Å². The lowest BCUT2D eigenvalue weighted by molar-refractivity contribution is -0.0910. The van der Waals surface area contributed by atoms with Crippen LogP contribution in [0.2, 0.25) is 0 Å². The molecule has 0 N–H and O–H groups in total. The Kier molecular flexibility index (Phi) is 19.1. The molecule has 7 heteroatoms. The molecule has 1 aromatic carbocycles. The summed E-state index contributed by atoms with van der Waals surface area (Å²) in [5.74, 6) is -0.243. The molecule has 0 aliphatic carbocycles. The van der Waals surface area contributed by atoms with Gasteiger partial charge in [0.25, 0.3) is 0 Å². The van der Waals surface area contributed by atoms with Crippen molar-refractivity contribution < 1.29 is 22.8 Å². The Bertz CT molecular complexity index is 566. The molecule has 0 heterocycles. The van der Waals surface area contributed by atoms with Gasteiger partial charge in [-0.3, -0.25) is 0 Å². The van der Waals surface area contributed by atoms with Crippen LogP contribution in [0, 0.1) is 0 Å². The first-order valence-electron chi connectivity index (χ1n) is 13.7. The van der Waals surface area contributed by atoms with Gasteiger partial charge in [0.05, 0.1) is 0 Å². The van der Waals surface area contributed by atoms with Crippen LogP contribution in [-0.4, -0.2) is 57.3 Å². The summed E-state index contributed by atoms with van der Waals surface area (Å²) in [6, 6.07) is 8.48. The molecule has 0 aliphatic rings. The lowest BCUT2D eigenvalue weighted by atomic mass is 10.4. The van der Waals surface area contributed by atoms with Gasteiger partial charge in [-0.25, -0.2) is 0 Å². The van der Waals surface area contributed by atoms with Crippen molar-refractivity contribution in [2.75, 3.05) is 33.0 Å². The summed E-state index contributed by atoms with van der Waals surface area (Å²) in [5, 5.41) is 2.26. The first-order chi connectivity index (χ1) is 16.7. The van der Waals surface area contributed by atoms with Crippen LogP contribution in [0.3, 0.4) is 0 Å². The highest BCUT2D eigenvalue weighted by molar-refractivity contribution is 6.80. The Labute approximate surface area is 213 Å². The molecule has 0 bridgehead atoms. The molecule has 0 spiro atoms. The second-order valence-electron chi connectivity index (χ2n) is 8.63. The Morgan fingerprint density at radius 2 is 1.03 bits per heavy atom. The molecular formula is C27H50O5Si2. The third kappa shape index (κ3) is 12.4. The van der Waals surface area contributed by atoms with E-state index in [-0.39, 0.29) is 5.91 Å². The average molecular weight is 511 g/mol. The Morgan fingerprint density at radius 1 is 0.618 bits per heavy atom. The van der Waals surface area contributed by atoms with Gasteiger partial charge in [-0.2, -0.15) is 0 Å². The van der Waals surface area contributed by atoms with Gasteiger partial charge < -0.3 is 22.8 Å². The first-order valence-corrected chi connectivity index (χ1v) is 16.5. The maximum Gasteiger partial charge on any atom is 0.537 e. The fourth-order valence-corrected chi connectivity index (χ4v) is 7.65. The quantitative estimate of drug-likeness (QED) is 0.110. The highest BCUT2D eigenvalue weighted by Crippen LogP contribution is 2.14. The smallest absolute Gasteiger partial charge is 0.370 e. The monoisotopic (exact) mass is 510 g/mol. The van der Waals surface area contributed by atoms with Crippen LogP contribution >= 0.6 is 0 Å². The standard InChI is InChI=1S/C27H50O5Si2/c1-6-11-20-28-27(29-21-12-7-2)33-25-18-16-17-19-26(25)34(30-22-13-8-3,31-23-14-9-4)32-24-15-10-5/h16-19,27H,6-15,20-24H2,1-5H3. The van der Waals surface area contributed by atoms with E-state index in [4.69, 9.17) is 22.8 Å². The number of hydrogen-bond donors (Lipinski definition) is 0. The van der Waals surface area contributed by atoms with E-state index in [1.54, 1.807) is 0 Å². The average Bonchev–Trinajstić information content (AvgIpc) is 2.84. The molecule has 0 unspecified atom stereocenters. The second kappa shape index (κ2) is 20.6. The van der Waals surface area contributed by atoms with Crippen molar-refractivity contribution >= 4 is 28.7 Å². The van der Waals surface area contributed by atoms with Crippen molar-refractivity contribution in [2.45, 2.75) is 105 Å². The molecule has 0 atom stereocenters. The summed E-state index contributed by atoms with van der Waals surface area (Å²) in [4.78, 5) is 0. The summed E-state index contributed by atoms with van der Waals surface area (Å²) in [7, 11) is -2.72. The van der Waals surface area contributed by atoms with Crippen molar-refractivity contribution in [1.82, 2.24) is 0 Å². The topological polar surface area (TPSA) is 46.2 Å². The van der Waals surface area contributed by atoms with E-state index < -0.39 is 8.80 Å². The molecule has 0 fully saturated rings. The van der Waals surface area contributed by atoms with E-state index in [0.29, 0.717) is 29.3 Å². The van der Waals surface area contributed by atoms with Crippen LogP contribution < -0.4 is 10.4 Å². The number of hydrogen-bond acceptors (Lipinski definition) is 5. The zero-order chi connectivity index (χ0) is 24.9. The normalized spacial score (nSPS) is 12.1. The van der Waals surface area contributed by atoms with Crippen molar-refractivity contribution in [3.8, 4) is 0 Å². The predicted octanol–water partition coefficient (Wildman–Crippen LogP) is 5.53. The van der Waals surface area contributed by atoms with Crippen LogP contribution in [0.25, 0.3) is 0 Å². The minimum absolute atomic E-state index is 0.243. The molecule has 196 valence electrons. The summed E-state index contributed by atoms with van der Waals surface area (Å²) in [6.07, 6.45) is 10.5. The summed E-state index contributed by atoms with van der Waals surface area (Å²) < 4.78 is 32.1. The van der Waals surface area contributed by atoms with E-state index in [1.807, 2.05) is 0 Å². The van der Waals surface area contributed by atoms with Crippen molar-refractivity contribution in [2.24, 2.45) is 0 Å². The van der Waals surface area contributed by atoms with Crippen LogP contribution in [0.15, 0.2) is 24.3 Å². The molecule has 0 amide bonds. The van der Waals surface area contributed by atoms with E-state index in [0.717, 1.165) is 82.6 Å². The lowest BCUT2D eigenvalue weighted by Gasteiger charge is -2.32. The van der Waals surface area contributed by atoms with Crippen LogP contribution in [0.5, 0.6) is 0 Å². The predicted molar refractivity (Wildman–Crippen MR) is 145 cm³/mol. The van der Waals surface area contributed by atoms with Gasteiger partial charge >= 0.3 is 8.80 Å². The van der Waals surface area contributed by atoms with Crippen LogP contribution in [-0.2, 0) is 22.8 Å². The van der Waals surface area contributed by atoms with E-state index in [1.165, 1.54) is 5.19 Å². The van der Waals surface area contributed by atoms with Gasteiger partial charge in [-0.05, 0) is 32.1 Å². The molecule has 0 aliphatic heterocycles. The van der Waals surface area contributed by atoms with Crippen molar-refractivity contribution in [3.05, 3.63) is 24.3 Å². The second-order valence-corrected chi connectivity index (χ2v) is 12.4. The van der Waals surface area contributed by atoms with E-state index in [2.05, 4.69) is 58.9 Å². The van der Waals surface area contributed by atoms with Gasteiger partial charge in [-0.1, -0.05) is 96.2 Å². The minimum atomic E-state index is -3.08. The molecule has 5 nitrogen and oxygen atoms in total. The first kappa shape index (κ1) is 31.5. The van der Waals surface area contributed by atoms with Crippen LogP contribution in [0.1, 0.15) is 98.8 Å². The molecule has 34 heavy (non-hydrogen) atoms. The number of benzene rings is 1. The maximum absolute atomic E-state index is 6.59. The third-order valence-corrected chi connectivity index (χ3v) is 9.85. The van der Waals surface area contributed by atoms with E-state index in [9.17, 15) is 0 Å². The van der Waals surface area contributed by atoms with Gasteiger partial charge in [0, 0.05) is 38.2 Å². The van der Waals surface area contributed by atoms with Gasteiger partial charge in [0.2, 0.25) is 0 Å². The Balaban J connectivity index is 3.24. The molecule has 0 aromatic heterocycles. The highest BCUT2D eigenvalue weighted by atomic mass is 28.4. The van der Waals surface area contributed by atoms with Gasteiger partial charge in [0.1, 0.15) is 5.91 Å². The van der Waals surface area contributed by atoms with Crippen molar-refractivity contribution in [1.29, 1.82) is 0 Å². The summed E-state index contributed by atoms with van der Waals surface area (Å²) in [5.41, 5.74) is 0. The van der Waals surface area contributed by atoms with Crippen molar-refractivity contribution in [3.63, 3.8) is 0 Å². The zero-order valence-corrected chi connectivity index (χ0v) is 24.5. The molecule has 0 saturated carbocycles. The lowest BCUT2D eigenvalue weighted by Crippen LogP contribution is -2.63. The maximum atomic E-state index is 6.59. The zero-order valence-electron chi connectivity index (χ0n) is 22.5. The fraction of sp³-hybridized carbons (Fsp3) is 0.778. The minimum Gasteiger partial charge on any atom is -0.370 e. The summed E-state index contributed by atoms with van der Waals surface area (Å²) in [6.45, 7) is 14.3. The third-order valence-electron chi connectivity index (χ3n) is 5.43. The molecule has 2 radical (unpaired) electrons. The number of ether oxygens (including phenoxy) is 2. The Hall–Kier alpha value is -0.546. The molecular weight excluding hydrogens is 460 g/mol. The van der Waals surface area contributed by atoms with Gasteiger partial charge in [-0.15, -0.1) is 0 Å². The molecule has 1 rings (SSSR count). The molecule has 0 saturated heterocycles. The highest BCUT2D eigenvalue weighted by Gasteiger charge is 2.45. The number of unbranched alkanes of at least 4 members (excludes halogenated alkanes) is 5. The summed E-state index contributed by atoms with van der Waals surface area (Å²) >= 11 is 0. The largest absolute Gasteiger partial charge is 0.537 e. The van der Waals surface area contributed by atoms with Gasteiger partial charge in [0.15, 0.2) is 9.52 Å². The number of rotatable bonds is 23. The van der Waals surface area contributed by atoms with E-state index >= 15 is 0 Å². The SMILES string of the molecule is CCCCOC(OCCCC)[Si]c1ccccc1[Si](OCCCC)(OCCCC)OCCCC. The fourth-order valence-electron chi connectivity index (χ4n) is 3.21. The molecule has 1 aromatic rings. The Morgan fingerprint density at radius 3 is 1.47 bits per heavy atom.